The highest BCUT2D eigenvalue weighted by molar-refractivity contribution is 5.93. The number of aromatic amines is 1. The van der Waals surface area contributed by atoms with Gasteiger partial charge in [-0.2, -0.15) is 0 Å². The van der Waals surface area contributed by atoms with Gasteiger partial charge in [0.2, 0.25) is 0 Å². The minimum Gasteiger partial charge on any atom is -0.358 e. The van der Waals surface area contributed by atoms with E-state index in [4.69, 9.17) is 5.73 Å². The number of nitro groups is 1. The van der Waals surface area contributed by atoms with Crippen LogP contribution < -0.4 is 11.1 Å². The van der Waals surface area contributed by atoms with Crippen LogP contribution in [-0.2, 0) is 0 Å². The van der Waals surface area contributed by atoms with Gasteiger partial charge < -0.3 is 21.2 Å². The van der Waals surface area contributed by atoms with E-state index in [0.717, 1.165) is 19.3 Å². The van der Waals surface area contributed by atoms with Gasteiger partial charge in [-0.15, -0.1) is 0 Å². The number of carbonyl (C=O) groups excluding carboxylic acids is 1. The maximum absolute atomic E-state index is 11.8. The number of carbonyl (C=O) groups is 1. The van der Waals surface area contributed by atoms with E-state index >= 15 is 0 Å². The zero-order valence-electron chi connectivity index (χ0n) is 9.18. The molecule has 0 saturated heterocycles. The van der Waals surface area contributed by atoms with Gasteiger partial charge in [-0.25, -0.2) is 4.98 Å². The van der Waals surface area contributed by atoms with Crippen LogP contribution in [0.15, 0.2) is 12.1 Å². The van der Waals surface area contributed by atoms with Crippen LogP contribution >= 0.6 is 0 Å². The molecule has 1 aliphatic rings. The van der Waals surface area contributed by atoms with Crippen molar-refractivity contribution in [2.24, 2.45) is 5.73 Å². The standard InChI is InChI=1S/C10H14N4O3/c11-6-2-1-3-7(6)13-10(15)8-4-5-9(12-8)14(16)17/h4-7,12H,1-3,11H2,(H,13,15). The lowest BCUT2D eigenvalue weighted by molar-refractivity contribution is -0.389. The highest BCUT2D eigenvalue weighted by Crippen LogP contribution is 2.18. The summed E-state index contributed by atoms with van der Waals surface area (Å²) in [5, 5.41) is 13.2. The summed E-state index contributed by atoms with van der Waals surface area (Å²) in [6.45, 7) is 0. The minimum absolute atomic E-state index is 0.0242. The molecular weight excluding hydrogens is 224 g/mol. The summed E-state index contributed by atoms with van der Waals surface area (Å²) in [7, 11) is 0. The van der Waals surface area contributed by atoms with Crippen LogP contribution in [-0.4, -0.2) is 27.9 Å². The van der Waals surface area contributed by atoms with E-state index in [9.17, 15) is 14.9 Å². The number of aromatic nitrogens is 1. The lowest BCUT2D eigenvalue weighted by Gasteiger charge is -2.15. The predicted molar refractivity (Wildman–Crippen MR) is 60.5 cm³/mol. The molecule has 1 amide bonds. The number of nitrogens with two attached hydrogens (primary N) is 1. The minimum atomic E-state index is -0.571. The number of amides is 1. The zero-order valence-corrected chi connectivity index (χ0v) is 9.18. The van der Waals surface area contributed by atoms with Gasteiger partial charge in [-0.1, -0.05) is 0 Å². The highest BCUT2D eigenvalue weighted by atomic mass is 16.6. The Morgan fingerprint density at radius 2 is 2.29 bits per heavy atom. The fourth-order valence-electron chi connectivity index (χ4n) is 2.04. The van der Waals surface area contributed by atoms with Crippen LogP contribution in [0.5, 0.6) is 0 Å². The molecule has 0 radical (unpaired) electrons. The molecule has 7 heteroatoms. The zero-order chi connectivity index (χ0) is 12.4. The number of rotatable bonds is 3. The lowest BCUT2D eigenvalue weighted by Crippen LogP contribution is -2.44. The van der Waals surface area contributed by atoms with Crippen LogP contribution in [0.3, 0.4) is 0 Å². The SMILES string of the molecule is NC1CCCC1NC(=O)c1ccc([N+](=O)[O-])[nH]1. The largest absolute Gasteiger partial charge is 0.358 e. The summed E-state index contributed by atoms with van der Waals surface area (Å²) >= 11 is 0. The quantitative estimate of drug-likeness (QED) is 0.526. The molecule has 1 heterocycles. The number of nitrogens with zero attached hydrogens (tertiary/aromatic N) is 1. The van der Waals surface area contributed by atoms with Crippen molar-refractivity contribution >= 4 is 11.7 Å². The van der Waals surface area contributed by atoms with Crippen LogP contribution in [0.4, 0.5) is 5.82 Å². The van der Waals surface area contributed by atoms with E-state index in [-0.39, 0.29) is 29.5 Å². The summed E-state index contributed by atoms with van der Waals surface area (Å²) in [6, 6.07) is 2.60. The van der Waals surface area contributed by atoms with Crippen molar-refractivity contribution in [1.29, 1.82) is 0 Å². The van der Waals surface area contributed by atoms with Gasteiger partial charge in [0.25, 0.3) is 5.91 Å². The third-order valence-electron chi connectivity index (χ3n) is 3.00. The molecule has 0 aliphatic heterocycles. The van der Waals surface area contributed by atoms with E-state index in [1.807, 2.05) is 0 Å². The Kier molecular flexibility index (Phi) is 3.10. The average Bonchev–Trinajstić information content (AvgIpc) is 2.88. The Morgan fingerprint density at radius 3 is 2.82 bits per heavy atom. The van der Waals surface area contributed by atoms with Crippen molar-refractivity contribution in [2.75, 3.05) is 0 Å². The molecule has 92 valence electrons. The maximum atomic E-state index is 11.8. The summed E-state index contributed by atoms with van der Waals surface area (Å²) < 4.78 is 0. The third kappa shape index (κ3) is 2.44. The second-order valence-electron chi connectivity index (χ2n) is 4.19. The number of H-pyrrole nitrogens is 1. The van der Waals surface area contributed by atoms with E-state index < -0.39 is 4.92 Å². The van der Waals surface area contributed by atoms with Crippen molar-refractivity contribution in [3.63, 3.8) is 0 Å². The molecule has 4 N–H and O–H groups in total. The lowest BCUT2D eigenvalue weighted by atomic mass is 10.2. The first-order chi connectivity index (χ1) is 8.08. The first-order valence-electron chi connectivity index (χ1n) is 5.48. The number of nitrogens with one attached hydrogen (secondary N) is 2. The number of hydrogen-bond donors (Lipinski definition) is 3. The second-order valence-corrected chi connectivity index (χ2v) is 4.19. The molecular formula is C10H14N4O3. The fraction of sp³-hybridized carbons (Fsp3) is 0.500. The Bertz CT molecular complexity index is 443. The Balaban J connectivity index is 2.01. The first kappa shape index (κ1) is 11.6. The predicted octanol–water partition coefficient (Wildman–Crippen LogP) is 0.532. The molecule has 0 aromatic carbocycles. The van der Waals surface area contributed by atoms with Gasteiger partial charge in [0.05, 0.1) is 0 Å². The van der Waals surface area contributed by atoms with Gasteiger partial charge in [-0.3, -0.25) is 4.79 Å². The van der Waals surface area contributed by atoms with Crippen LogP contribution in [0.1, 0.15) is 29.8 Å². The molecule has 2 atom stereocenters. The normalized spacial score (nSPS) is 23.6. The van der Waals surface area contributed by atoms with Crippen molar-refractivity contribution in [3.05, 3.63) is 27.9 Å². The van der Waals surface area contributed by atoms with Crippen LogP contribution in [0, 0.1) is 10.1 Å². The van der Waals surface area contributed by atoms with Gasteiger partial charge in [0.15, 0.2) is 5.69 Å². The van der Waals surface area contributed by atoms with Crippen LogP contribution in [0.2, 0.25) is 0 Å². The number of hydrogen-bond acceptors (Lipinski definition) is 4. The Labute approximate surface area is 97.5 Å². The Hall–Kier alpha value is -1.89. The van der Waals surface area contributed by atoms with Crippen molar-refractivity contribution in [1.82, 2.24) is 10.3 Å². The van der Waals surface area contributed by atoms with Crippen molar-refractivity contribution < 1.29 is 9.72 Å². The van der Waals surface area contributed by atoms with E-state index in [0.29, 0.717) is 0 Å². The van der Waals surface area contributed by atoms with Crippen molar-refractivity contribution in [3.8, 4) is 0 Å². The summed E-state index contributed by atoms with van der Waals surface area (Å²) in [5.74, 6) is -0.536. The monoisotopic (exact) mass is 238 g/mol. The van der Waals surface area contributed by atoms with E-state index in [1.54, 1.807) is 0 Å². The van der Waals surface area contributed by atoms with E-state index in [1.165, 1.54) is 12.1 Å². The van der Waals surface area contributed by atoms with E-state index in [2.05, 4.69) is 10.3 Å². The van der Waals surface area contributed by atoms with Gasteiger partial charge in [0.1, 0.15) is 0 Å². The molecule has 7 nitrogen and oxygen atoms in total. The summed E-state index contributed by atoms with van der Waals surface area (Å²) in [5.41, 5.74) is 6.02. The maximum Gasteiger partial charge on any atom is 0.321 e. The summed E-state index contributed by atoms with van der Waals surface area (Å²) in [6.07, 6.45) is 2.75. The Morgan fingerprint density at radius 1 is 1.53 bits per heavy atom. The molecule has 1 aromatic heterocycles. The second kappa shape index (κ2) is 4.54. The molecule has 1 saturated carbocycles. The topological polar surface area (TPSA) is 114 Å². The molecule has 1 aliphatic carbocycles. The molecule has 1 aromatic rings. The fourth-order valence-corrected chi connectivity index (χ4v) is 2.04. The average molecular weight is 238 g/mol. The van der Waals surface area contributed by atoms with Gasteiger partial charge in [0, 0.05) is 18.2 Å². The van der Waals surface area contributed by atoms with Crippen LogP contribution in [0.25, 0.3) is 0 Å². The first-order valence-corrected chi connectivity index (χ1v) is 5.48. The van der Waals surface area contributed by atoms with Crippen molar-refractivity contribution in [2.45, 2.75) is 31.3 Å². The molecule has 1 fully saturated rings. The molecule has 2 rings (SSSR count). The highest BCUT2D eigenvalue weighted by Gasteiger charge is 2.27. The smallest absolute Gasteiger partial charge is 0.321 e. The molecule has 0 bridgehead atoms. The molecule has 17 heavy (non-hydrogen) atoms. The van der Waals surface area contributed by atoms with Gasteiger partial charge >= 0.3 is 5.82 Å². The molecule has 2 unspecified atom stereocenters. The van der Waals surface area contributed by atoms with Gasteiger partial charge in [-0.05, 0) is 30.3 Å². The molecule has 0 spiro atoms. The summed E-state index contributed by atoms with van der Waals surface area (Å²) in [4.78, 5) is 24.1. The third-order valence-corrected chi connectivity index (χ3v) is 3.00.